The number of anilines is 1. The van der Waals surface area contributed by atoms with Crippen LogP contribution in [0.5, 0.6) is 5.75 Å². The number of carbonyl (C=O) groups is 2. The highest BCUT2D eigenvalue weighted by molar-refractivity contribution is 5.91. The monoisotopic (exact) mass is 380 g/mol. The van der Waals surface area contributed by atoms with Gasteiger partial charge in [-0.15, -0.1) is 0 Å². The highest BCUT2D eigenvalue weighted by atomic mass is 16.5. The Kier molecular flexibility index (Phi) is 6.69. The molecule has 0 radical (unpaired) electrons. The zero-order valence-corrected chi connectivity index (χ0v) is 16.5. The van der Waals surface area contributed by atoms with E-state index in [1.54, 1.807) is 0 Å². The summed E-state index contributed by atoms with van der Waals surface area (Å²) >= 11 is 0. The number of benzene rings is 2. The average molecular weight is 380 g/mol. The number of nitrogens with one attached hydrogen (secondary N) is 2. The molecule has 0 aromatic heterocycles. The maximum Gasteiger partial charge on any atom is 0.227 e. The third-order valence-electron chi connectivity index (χ3n) is 5.04. The van der Waals surface area contributed by atoms with Crippen LogP contribution in [0.4, 0.5) is 5.69 Å². The molecule has 28 heavy (non-hydrogen) atoms. The largest absolute Gasteiger partial charge is 0.492 e. The molecule has 0 bridgehead atoms. The van der Waals surface area contributed by atoms with E-state index in [0.717, 1.165) is 35.4 Å². The number of carbonyl (C=O) groups excluding carboxylic acids is 2. The lowest BCUT2D eigenvalue weighted by Crippen LogP contribution is -2.38. The van der Waals surface area contributed by atoms with Crippen molar-refractivity contribution in [1.29, 1.82) is 0 Å². The van der Waals surface area contributed by atoms with Gasteiger partial charge in [-0.3, -0.25) is 9.59 Å². The quantitative estimate of drug-likeness (QED) is 0.755. The third kappa shape index (κ3) is 5.12. The van der Waals surface area contributed by atoms with Gasteiger partial charge in [0.15, 0.2) is 0 Å². The van der Waals surface area contributed by atoms with Crippen LogP contribution in [0.15, 0.2) is 48.5 Å². The van der Waals surface area contributed by atoms with Crippen LogP contribution in [0, 0.1) is 5.92 Å². The Labute approximate surface area is 166 Å². The molecule has 148 valence electrons. The van der Waals surface area contributed by atoms with E-state index in [-0.39, 0.29) is 23.8 Å². The van der Waals surface area contributed by atoms with Gasteiger partial charge in [0.25, 0.3) is 0 Å². The highest BCUT2D eigenvalue weighted by Crippen LogP contribution is 2.30. The first-order valence-corrected chi connectivity index (χ1v) is 9.97. The minimum absolute atomic E-state index is 0.0145. The molecule has 2 atom stereocenters. The molecule has 0 saturated heterocycles. The Morgan fingerprint density at radius 2 is 1.96 bits per heavy atom. The molecule has 0 unspecified atom stereocenters. The minimum atomic E-state index is -0.246. The second-order valence-electron chi connectivity index (χ2n) is 7.33. The predicted octanol–water partition coefficient (Wildman–Crippen LogP) is 4.24. The number of amides is 2. The Balaban J connectivity index is 1.61. The first-order valence-electron chi connectivity index (χ1n) is 9.97. The lowest BCUT2D eigenvalue weighted by molar-refractivity contribution is -0.127. The van der Waals surface area contributed by atoms with Gasteiger partial charge in [-0.2, -0.15) is 0 Å². The zero-order valence-electron chi connectivity index (χ0n) is 16.5. The summed E-state index contributed by atoms with van der Waals surface area (Å²) in [7, 11) is 0. The summed E-state index contributed by atoms with van der Waals surface area (Å²) < 4.78 is 5.80. The van der Waals surface area contributed by atoms with Gasteiger partial charge in [-0.05, 0) is 49.1 Å². The van der Waals surface area contributed by atoms with E-state index in [4.69, 9.17) is 4.74 Å². The number of hydrogen-bond donors (Lipinski definition) is 2. The topological polar surface area (TPSA) is 67.4 Å². The molecule has 5 heteroatoms. The molecule has 3 rings (SSSR count). The van der Waals surface area contributed by atoms with E-state index in [9.17, 15) is 9.59 Å². The molecule has 0 saturated carbocycles. The van der Waals surface area contributed by atoms with Gasteiger partial charge in [0, 0.05) is 12.1 Å². The molecule has 1 aliphatic rings. The summed E-state index contributed by atoms with van der Waals surface area (Å²) in [6, 6.07) is 15.5. The van der Waals surface area contributed by atoms with Crippen molar-refractivity contribution in [2.24, 2.45) is 5.92 Å². The zero-order chi connectivity index (χ0) is 19.9. The van der Waals surface area contributed by atoms with E-state index in [1.165, 1.54) is 0 Å². The van der Waals surface area contributed by atoms with Crippen LogP contribution in [0.3, 0.4) is 0 Å². The summed E-state index contributed by atoms with van der Waals surface area (Å²) in [5.41, 5.74) is 2.78. The summed E-state index contributed by atoms with van der Waals surface area (Å²) in [6.45, 7) is 4.41. The molecule has 0 spiro atoms. The Morgan fingerprint density at radius 1 is 1.18 bits per heavy atom. The molecule has 0 fully saturated rings. The number of fused-ring (bicyclic) bond motifs is 1. The van der Waals surface area contributed by atoms with Crippen LogP contribution in [-0.2, 0) is 16.0 Å². The Bertz CT molecular complexity index is 820. The first-order chi connectivity index (χ1) is 13.6. The molecule has 2 N–H and O–H groups in total. The van der Waals surface area contributed by atoms with E-state index < -0.39 is 0 Å². The predicted molar refractivity (Wildman–Crippen MR) is 110 cm³/mol. The number of rotatable bonds is 7. The Morgan fingerprint density at radius 3 is 2.71 bits per heavy atom. The molecular formula is C23H28N2O3. The smallest absolute Gasteiger partial charge is 0.227 e. The van der Waals surface area contributed by atoms with Crippen molar-refractivity contribution in [1.82, 2.24) is 5.32 Å². The summed E-state index contributed by atoms with van der Waals surface area (Å²) in [6.07, 6.45) is 2.99. The average Bonchev–Trinajstić information content (AvgIpc) is 2.72. The minimum Gasteiger partial charge on any atom is -0.492 e. The second-order valence-corrected chi connectivity index (χ2v) is 7.33. The van der Waals surface area contributed by atoms with E-state index in [1.807, 2.05) is 55.5 Å². The van der Waals surface area contributed by atoms with Crippen molar-refractivity contribution < 1.29 is 14.3 Å². The number of unbranched alkanes of at least 4 members (excludes halogenated alkanes) is 1. The van der Waals surface area contributed by atoms with Gasteiger partial charge < -0.3 is 15.4 Å². The lowest BCUT2D eigenvalue weighted by atomic mass is 9.95. The fraction of sp³-hybridized carbons (Fsp3) is 0.391. The van der Waals surface area contributed by atoms with Crippen LogP contribution in [0.1, 0.15) is 50.3 Å². The molecule has 2 aromatic rings. The van der Waals surface area contributed by atoms with Gasteiger partial charge in [0.1, 0.15) is 12.4 Å². The maximum atomic E-state index is 12.7. The van der Waals surface area contributed by atoms with E-state index >= 15 is 0 Å². The van der Waals surface area contributed by atoms with Crippen LogP contribution >= 0.6 is 0 Å². The normalized spacial score (nSPS) is 16.4. The van der Waals surface area contributed by atoms with Crippen molar-refractivity contribution in [2.45, 2.75) is 45.6 Å². The lowest BCUT2D eigenvalue weighted by Gasteiger charge is -2.26. The molecule has 1 aliphatic heterocycles. The summed E-state index contributed by atoms with van der Waals surface area (Å²) in [5, 5.41) is 6.01. The first kappa shape index (κ1) is 19.9. The standard InChI is InChI=1S/C23H28N2O3/c1-3-4-10-22(26)25-20-11-12-21-18(14-20)13-19(15-28-21)23(27)24-16(2)17-8-6-5-7-9-17/h5-9,11-12,14,16,19H,3-4,10,13,15H2,1-2H3,(H,24,27)(H,25,26)/t16-,19+/m1/s1. The fourth-order valence-electron chi connectivity index (χ4n) is 3.36. The summed E-state index contributed by atoms with van der Waals surface area (Å²) in [4.78, 5) is 24.7. The summed E-state index contributed by atoms with van der Waals surface area (Å²) in [5.74, 6) is 0.542. The van der Waals surface area contributed by atoms with Crippen molar-refractivity contribution >= 4 is 17.5 Å². The molecular weight excluding hydrogens is 352 g/mol. The van der Waals surface area contributed by atoms with Crippen LogP contribution in [0.2, 0.25) is 0 Å². The Hall–Kier alpha value is -2.82. The third-order valence-corrected chi connectivity index (χ3v) is 5.04. The maximum absolute atomic E-state index is 12.7. The molecule has 5 nitrogen and oxygen atoms in total. The van der Waals surface area contributed by atoms with Gasteiger partial charge in [-0.1, -0.05) is 43.7 Å². The highest BCUT2D eigenvalue weighted by Gasteiger charge is 2.27. The number of hydrogen-bond acceptors (Lipinski definition) is 3. The van der Waals surface area contributed by atoms with Gasteiger partial charge in [0.2, 0.25) is 11.8 Å². The van der Waals surface area contributed by atoms with E-state index in [0.29, 0.717) is 19.4 Å². The number of ether oxygens (including phenoxy) is 1. The SMILES string of the molecule is CCCCC(=O)Nc1ccc2c(c1)C[C@H](C(=O)N[C@H](C)c1ccccc1)CO2. The van der Waals surface area contributed by atoms with E-state index in [2.05, 4.69) is 17.6 Å². The van der Waals surface area contributed by atoms with Crippen molar-refractivity contribution in [2.75, 3.05) is 11.9 Å². The van der Waals surface area contributed by atoms with Crippen LogP contribution in [0.25, 0.3) is 0 Å². The van der Waals surface area contributed by atoms with Gasteiger partial charge in [0.05, 0.1) is 12.0 Å². The van der Waals surface area contributed by atoms with Crippen LogP contribution in [-0.4, -0.2) is 18.4 Å². The van der Waals surface area contributed by atoms with Gasteiger partial charge >= 0.3 is 0 Å². The van der Waals surface area contributed by atoms with Crippen molar-refractivity contribution in [3.05, 3.63) is 59.7 Å². The van der Waals surface area contributed by atoms with Crippen LogP contribution < -0.4 is 15.4 Å². The van der Waals surface area contributed by atoms with Crippen molar-refractivity contribution in [3.8, 4) is 5.75 Å². The van der Waals surface area contributed by atoms with Crippen molar-refractivity contribution in [3.63, 3.8) is 0 Å². The van der Waals surface area contributed by atoms with Gasteiger partial charge in [-0.25, -0.2) is 0 Å². The second kappa shape index (κ2) is 9.40. The molecule has 0 aliphatic carbocycles. The molecule has 1 heterocycles. The molecule has 2 aromatic carbocycles. The fourth-order valence-corrected chi connectivity index (χ4v) is 3.36. The molecule has 2 amide bonds.